The van der Waals surface area contributed by atoms with Gasteiger partial charge >= 0.3 is 0 Å². The van der Waals surface area contributed by atoms with E-state index in [1.54, 1.807) is 11.8 Å². The zero-order valence-corrected chi connectivity index (χ0v) is 15.9. The topological polar surface area (TPSA) is 9.23 Å². The molecule has 0 N–H and O–H groups in total. The van der Waals surface area contributed by atoms with Crippen molar-refractivity contribution in [2.24, 2.45) is 0 Å². The zero-order chi connectivity index (χ0) is 17.0. The van der Waals surface area contributed by atoms with E-state index < -0.39 is 0 Å². The van der Waals surface area contributed by atoms with Crippen molar-refractivity contribution in [3.05, 3.63) is 59.2 Å². The van der Waals surface area contributed by atoms with Gasteiger partial charge in [0.15, 0.2) is 0 Å². The molecule has 0 aliphatic carbocycles. The second-order valence-electron chi connectivity index (χ2n) is 4.72. The first-order valence-corrected chi connectivity index (χ1v) is 9.10. The molecule has 0 saturated carbocycles. The highest BCUT2D eigenvalue weighted by atomic mass is 32.2. The standard InChI is InChI=1S/C10H14O.C8H10S.C2H6/c1-4-11-10-6-5-8(2)7-9(10)3;1-7-3-5-8(9-2)6-4-7;1-2/h5-7H,4H2,1-3H3;3-6H,1-2H3;1-2H3. The van der Waals surface area contributed by atoms with Gasteiger partial charge < -0.3 is 4.74 Å². The largest absolute Gasteiger partial charge is 0.494 e. The molecule has 2 aromatic carbocycles. The predicted octanol–water partition coefficient (Wildman–Crippen LogP) is 6.45. The molecule has 0 aliphatic heterocycles. The minimum absolute atomic E-state index is 0.740. The molecule has 0 spiro atoms. The molecule has 0 aromatic heterocycles. The average Bonchev–Trinajstić information content (AvgIpc) is 2.54. The van der Waals surface area contributed by atoms with Crippen molar-refractivity contribution < 1.29 is 4.74 Å². The molecule has 22 heavy (non-hydrogen) atoms. The van der Waals surface area contributed by atoms with E-state index in [0.29, 0.717) is 0 Å². The monoisotopic (exact) mass is 318 g/mol. The molecular formula is C20H30OS. The van der Waals surface area contributed by atoms with Gasteiger partial charge in [-0.05, 0) is 57.7 Å². The molecule has 0 fully saturated rings. The maximum Gasteiger partial charge on any atom is 0.122 e. The Bertz CT molecular complexity index is 518. The van der Waals surface area contributed by atoms with Crippen LogP contribution in [0.25, 0.3) is 0 Å². The van der Waals surface area contributed by atoms with Crippen LogP contribution in [0.5, 0.6) is 5.75 Å². The molecule has 0 aliphatic rings. The minimum atomic E-state index is 0.740. The van der Waals surface area contributed by atoms with Crippen molar-refractivity contribution in [1.29, 1.82) is 0 Å². The number of hydrogen-bond acceptors (Lipinski definition) is 2. The van der Waals surface area contributed by atoms with Crippen LogP contribution in [-0.4, -0.2) is 12.9 Å². The lowest BCUT2D eigenvalue weighted by Crippen LogP contribution is -1.93. The van der Waals surface area contributed by atoms with Gasteiger partial charge in [0.05, 0.1) is 6.61 Å². The maximum absolute atomic E-state index is 5.39. The van der Waals surface area contributed by atoms with Gasteiger partial charge in [-0.15, -0.1) is 11.8 Å². The van der Waals surface area contributed by atoms with Crippen molar-refractivity contribution in [1.82, 2.24) is 0 Å². The van der Waals surface area contributed by atoms with Crippen LogP contribution in [0, 0.1) is 20.8 Å². The Kier molecular flexibility index (Phi) is 11.4. The maximum atomic E-state index is 5.39. The summed E-state index contributed by atoms with van der Waals surface area (Å²) in [7, 11) is 0. The summed E-state index contributed by atoms with van der Waals surface area (Å²) in [6, 6.07) is 14.8. The number of hydrogen-bond donors (Lipinski definition) is 0. The third-order valence-corrected chi connectivity index (χ3v) is 3.63. The number of thioether (sulfide) groups is 1. The van der Waals surface area contributed by atoms with Crippen LogP contribution in [0.15, 0.2) is 47.4 Å². The fourth-order valence-corrected chi connectivity index (χ4v) is 2.20. The number of aryl methyl sites for hydroxylation is 3. The van der Waals surface area contributed by atoms with Crippen molar-refractivity contribution in [3.63, 3.8) is 0 Å². The second kappa shape index (κ2) is 12.2. The van der Waals surface area contributed by atoms with E-state index in [4.69, 9.17) is 4.74 Å². The van der Waals surface area contributed by atoms with Gasteiger partial charge in [-0.3, -0.25) is 0 Å². The van der Waals surface area contributed by atoms with Crippen LogP contribution >= 0.6 is 11.8 Å². The van der Waals surface area contributed by atoms with Crippen molar-refractivity contribution in [2.45, 2.75) is 46.4 Å². The van der Waals surface area contributed by atoms with Gasteiger partial charge in [-0.2, -0.15) is 0 Å². The third-order valence-electron chi connectivity index (χ3n) is 2.89. The van der Waals surface area contributed by atoms with Gasteiger partial charge in [-0.25, -0.2) is 0 Å². The molecular weight excluding hydrogens is 288 g/mol. The van der Waals surface area contributed by atoms with Crippen LogP contribution < -0.4 is 4.74 Å². The molecule has 0 radical (unpaired) electrons. The summed E-state index contributed by atoms with van der Waals surface area (Å²) < 4.78 is 5.39. The van der Waals surface area contributed by atoms with Crippen LogP contribution in [0.1, 0.15) is 37.5 Å². The van der Waals surface area contributed by atoms with E-state index in [-0.39, 0.29) is 0 Å². The summed E-state index contributed by atoms with van der Waals surface area (Å²) in [5, 5.41) is 0. The number of benzene rings is 2. The van der Waals surface area contributed by atoms with Crippen molar-refractivity contribution in [2.75, 3.05) is 12.9 Å². The first-order valence-electron chi connectivity index (χ1n) is 7.87. The third kappa shape index (κ3) is 8.14. The fraction of sp³-hybridized carbons (Fsp3) is 0.400. The van der Waals surface area contributed by atoms with E-state index in [1.807, 2.05) is 26.8 Å². The molecule has 122 valence electrons. The van der Waals surface area contributed by atoms with Crippen LogP contribution in [0.4, 0.5) is 0 Å². The molecule has 1 nitrogen and oxygen atoms in total. The highest BCUT2D eigenvalue weighted by molar-refractivity contribution is 7.98. The summed E-state index contributed by atoms with van der Waals surface area (Å²) in [6.45, 7) is 13.0. The molecule has 0 heterocycles. The Morgan fingerprint density at radius 2 is 1.41 bits per heavy atom. The zero-order valence-electron chi connectivity index (χ0n) is 15.1. The summed E-state index contributed by atoms with van der Waals surface area (Å²) in [5.74, 6) is 0.998. The fourth-order valence-electron chi connectivity index (χ4n) is 1.79. The van der Waals surface area contributed by atoms with Gasteiger partial charge in [0.1, 0.15) is 5.75 Å². The highest BCUT2D eigenvalue weighted by Gasteiger charge is 1.96. The van der Waals surface area contributed by atoms with Gasteiger partial charge in [0.2, 0.25) is 0 Å². The SMILES string of the molecule is CC.CCOc1ccc(C)cc1C.CSc1ccc(C)cc1. The molecule has 0 unspecified atom stereocenters. The first-order chi connectivity index (χ1) is 10.6. The Hall–Kier alpha value is -1.41. The lowest BCUT2D eigenvalue weighted by atomic mass is 10.1. The van der Waals surface area contributed by atoms with Crippen molar-refractivity contribution in [3.8, 4) is 5.75 Å². The molecule has 0 amide bonds. The predicted molar refractivity (Wildman–Crippen MR) is 101 cm³/mol. The number of rotatable bonds is 3. The van der Waals surface area contributed by atoms with E-state index >= 15 is 0 Å². The van der Waals surface area contributed by atoms with E-state index in [2.05, 4.69) is 63.4 Å². The second-order valence-corrected chi connectivity index (χ2v) is 5.60. The van der Waals surface area contributed by atoms with Gasteiger partial charge in [0, 0.05) is 4.90 Å². The van der Waals surface area contributed by atoms with Crippen LogP contribution in [0.3, 0.4) is 0 Å². The Morgan fingerprint density at radius 3 is 1.86 bits per heavy atom. The quantitative estimate of drug-likeness (QED) is 0.602. The van der Waals surface area contributed by atoms with E-state index in [9.17, 15) is 0 Å². The van der Waals surface area contributed by atoms with E-state index in [1.165, 1.54) is 21.6 Å². The molecule has 2 heteroatoms. The molecule has 0 bridgehead atoms. The van der Waals surface area contributed by atoms with Crippen molar-refractivity contribution >= 4 is 11.8 Å². The lowest BCUT2D eigenvalue weighted by molar-refractivity contribution is 0.338. The molecule has 2 rings (SSSR count). The normalized spacial score (nSPS) is 9.05. The average molecular weight is 319 g/mol. The summed E-state index contributed by atoms with van der Waals surface area (Å²) in [6.07, 6.45) is 2.09. The molecule has 0 saturated heterocycles. The Balaban J connectivity index is 0.000000366. The van der Waals surface area contributed by atoms with Gasteiger partial charge in [0.25, 0.3) is 0 Å². The van der Waals surface area contributed by atoms with E-state index in [0.717, 1.165) is 12.4 Å². The number of ether oxygens (including phenoxy) is 1. The molecule has 2 aromatic rings. The Morgan fingerprint density at radius 1 is 0.864 bits per heavy atom. The summed E-state index contributed by atoms with van der Waals surface area (Å²) >= 11 is 1.78. The minimum Gasteiger partial charge on any atom is -0.494 e. The highest BCUT2D eigenvalue weighted by Crippen LogP contribution is 2.18. The van der Waals surface area contributed by atoms with Crippen LogP contribution in [-0.2, 0) is 0 Å². The summed E-state index contributed by atoms with van der Waals surface area (Å²) in [5.41, 5.74) is 3.82. The van der Waals surface area contributed by atoms with Gasteiger partial charge in [-0.1, -0.05) is 49.2 Å². The molecule has 0 atom stereocenters. The van der Waals surface area contributed by atoms with Crippen LogP contribution in [0.2, 0.25) is 0 Å². The first kappa shape index (κ1) is 20.6. The lowest BCUT2D eigenvalue weighted by Gasteiger charge is -2.06. The summed E-state index contributed by atoms with van der Waals surface area (Å²) in [4.78, 5) is 1.33. The Labute approximate surface area is 141 Å². The smallest absolute Gasteiger partial charge is 0.122 e.